The molecule has 0 aromatic carbocycles. The molecule has 3 N–H and O–H groups in total. The molecule has 3 atom stereocenters. The Morgan fingerprint density at radius 3 is 2.50 bits per heavy atom. The maximum atomic E-state index is 11.8. The summed E-state index contributed by atoms with van der Waals surface area (Å²) in [4.78, 5) is 14.1. The summed E-state index contributed by atoms with van der Waals surface area (Å²) < 4.78 is 0. The number of carbonyl (C=O) groups excluding carboxylic acids is 1. The Morgan fingerprint density at radius 2 is 2.00 bits per heavy atom. The maximum absolute atomic E-state index is 11.8. The molecule has 0 aromatic heterocycles. The fraction of sp³-hybridized carbons (Fsp3) is 0.917. The third-order valence-electron chi connectivity index (χ3n) is 3.57. The molecule has 0 aromatic rings. The van der Waals surface area contributed by atoms with Gasteiger partial charge in [-0.05, 0) is 31.6 Å². The Balaban J connectivity index is 2.79. The minimum atomic E-state index is -0.0947. The van der Waals surface area contributed by atoms with Crippen molar-refractivity contribution in [3.05, 3.63) is 0 Å². The smallest absolute Gasteiger partial charge is 0.251 e. The Labute approximate surface area is 98.5 Å². The van der Waals surface area contributed by atoms with Gasteiger partial charge in [-0.25, -0.2) is 5.84 Å². The van der Waals surface area contributed by atoms with Crippen LogP contribution in [0.2, 0.25) is 0 Å². The molecule has 94 valence electrons. The molecule has 4 nitrogen and oxygen atoms in total. The molecule has 1 fully saturated rings. The van der Waals surface area contributed by atoms with Crippen molar-refractivity contribution in [1.82, 2.24) is 10.3 Å². The van der Waals surface area contributed by atoms with Gasteiger partial charge in [-0.3, -0.25) is 15.1 Å². The second-order valence-electron chi connectivity index (χ2n) is 5.43. The van der Waals surface area contributed by atoms with Crippen LogP contribution < -0.4 is 11.3 Å². The minimum Gasteiger partial charge on any atom is -0.293 e. The molecule has 0 radical (unpaired) electrons. The number of hydrogen-bond donors (Lipinski definition) is 2. The lowest BCUT2D eigenvalue weighted by atomic mass is 9.90. The zero-order valence-electron chi connectivity index (χ0n) is 10.9. The van der Waals surface area contributed by atoms with Gasteiger partial charge in [0.1, 0.15) is 0 Å². The van der Waals surface area contributed by atoms with E-state index in [1.807, 2.05) is 0 Å². The van der Waals surface area contributed by atoms with E-state index in [9.17, 15) is 4.79 Å². The number of nitrogens with one attached hydrogen (secondary N) is 1. The van der Waals surface area contributed by atoms with Crippen LogP contribution >= 0.6 is 0 Å². The van der Waals surface area contributed by atoms with Crippen LogP contribution in [0.15, 0.2) is 0 Å². The van der Waals surface area contributed by atoms with Crippen LogP contribution in [-0.2, 0) is 4.79 Å². The molecule has 1 rings (SSSR count). The third-order valence-corrected chi connectivity index (χ3v) is 3.57. The van der Waals surface area contributed by atoms with E-state index in [-0.39, 0.29) is 17.9 Å². The summed E-state index contributed by atoms with van der Waals surface area (Å²) in [6, 6.07) is 0.378. The predicted octanol–water partition coefficient (Wildman–Crippen LogP) is 1.12. The molecule has 1 amide bonds. The van der Waals surface area contributed by atoms with E-state index in [2.05, 4.69) is 38.0 Å². The maximum Gasteiger partial charge on any atom is 0.251 e. The van der Waals surface area contributed by atoms with Gasteiger partial charge in [0, 0.05) is 12.6 Å². The largest absolute Gasteiger partial charge is 0.293 e. The molecule has 0 saturated carbocycles. The number of nitrogens with zero attached hydrogens (tertiary/aromatic N) is 1. The minimum absolute atomic E-state index is 0.0593. The zero-order chi connectivity index (χ0) is 12.3. The van der Waals surface area contributed by atoms with Crippen molar-refractivity contribution in [2.75, 3.05) is 6.54 Å². The summed E-state index contributed by atoms with van der Waals surface area (Å²) in [5.41, 5.74) is 2.30. The molecular weight excluding hydrogens is 202 g/mol. The Kier molecular flexibility index (Phi) is 4.74. The summed E-state index contributed by atoms with van der Waals surface area (Å²) in [7, 11) is 0. The standard InChI is InChI=1S/C12H25N3O/c1-8(2)11(12(16)14-13)15-7-9(3)5-6-10(15)4/h8-11H,5-7,13H2,1-4H3,(H,14,16). The van der Waals surface area contributed by atoms with Gasteiger partial charge in [-0.1, -0.05) is 20.8 Å². The Bertz CT molecular complexity index is 242. The lowest BCUT2D eigenvalue weighted by molar-refractivity contribution is -0.130. The lowest BCUT2D eigenvalue weighted by Gasteiger charge is -2.42. The van der Waals surface area contributed by atoms with Crippen LogP contribution in [0.5, 0.6) is 0 Å². The highest BCUT2D eigenvalue weighted by Crippen LogP contribution is 2.26. The van der Waals surface area contributed by atoms with Crippen molar-refractivity contribution in [2.45, 2.75) is 52.6 Å². The second kappa shape index (κ2) is 5.64. The topological polar surface area (TPSA) is 58.4 Å². The van der Waals surface area contributed by atoms with Crippen LogP contribution in [0.1, 0.15) is 40.5 Å². The lowest BCUT2D eigenvalue weighted by Crippen LogP contribution is -2.57. The summed E-state index contributed by atoms with van der Waals surface area (Å²) in [6.45, 7) is 9.59. The molecule has 0 aliphatic carbocycles. The Morgan fingerprint density at radius 1 is 1.38 bits per heavy atom. The first kappa shape index (κ1) is 13.5. The van der Waals surface area contributed by atoms with Gasteiger partial charge in [0.2, 0.25) is 0 Å². The van der Waals surface area contributed by atoms with Crippen LogP contribution in [-0.4, -0.2) is 29.4 Å². The van der Waals surface area contributed by atoms with Crippen molar-refractivity contribution in [2.24, 2.45) is 17.7 Å². The first-order chi connectivity index (χ1) is 7.47. The van der Waals surface area contributed by atoms with E-state index in [0.717, 1.165) is 6.54 Å². The average Bonchev–Trinajstić information content (AvgIpc) is 2.22. The highest BCUT2D eigenvalue weighted by molar-refractivity contribution is 5.81. The van der Waals surface area contributed by atoms with Gasteiger partial charge in [0.15, 0.2) is 0 Å². The fourth-order valence-electron chi connectivity index (χ4n) is 2.63. The SMILES string of the molecule is CC1CCC(C)N(C(C(=O)NN)C(C)C)C1. The molecule has 0 spiro atoms. The van der Waals surface area contributed by atoms with Crippen molar-refractivity contribution in [1.29, 1.82) is 0 Å². The number of hydrazine groups is 1. The van der Waals surface area contributed by atoms with Crippen molar-refractivity contribution >= 4 is 5.91 Å². The van der Waals surface area contributed by atoms with E-state index in [0.29, 0.717) is 12.0 Å². The average molecular weight is 227 g/mol. The Hall–Kier alpha value is -0.610. The van der Waals surface area contributed by atoms with Gasteiger partial charge in [0.25, 0.3) is 5.91 Å². The van der Waals surface area contributed by atoms with Gasteiger partial charge in [-0.15, -0.1) is 0 Å². The predicted molar refractivity (Wildman–Crippen MR) is 65.5 cm³/mol. The number of piperidine rings is 1. The monoisotopic (exact) mass is 227 g/mol. The number of rotatable bonds is 3. The van der Waals surface area contributed by atoms with E-state index < -0.39 is 0 Å². The molecule has 1 saturated heterocycles. The third kappa shape index (κ3) is 2.95. The van der Waals surface area contributed by atoms with Gasteiger partial charge in [-0.2, -0.15) is 0 Å². The van der Waals surface area contributed by atoms with Crippen LogP contribution in [0.3, 0.4) is 0 Å². The molecule has 4 heteroatoms. The van der Waals surface area contributed by atoms with E-state index in [4.69, 9.17) is 5.84 Å². The second-order valence-corrected chi connectivity index (χ2v) is 5.43. The van der Waals surface area contributed by atoms with E-state index in [1.54, 1.807) is 0 Å². The highest BCUT2D eigenvalue weighted by Gasteiger charge is 2.34. The molecule has 0 bridgehead atoms. The van der Waals surface area contributed by atoms with Crippen molar-refractivity contribution < 1.29 is 4.79 Å². The van der Waals surface area contributed by atoms with Crippen molar-refractivity contribution in [3.8, 4) is 0 Å². The molecule has 1 aliphatic heterocycles. The number of nitrogens with two attached hydrogens (primary N) is 1. The first-order valence-corrected chi connectivity index (χ1v) is 6.23. The van der Waals surface area contributed by atoms with E-state index >= 15 is 0 Å². The van der Waals surface area contributed by atoms with Crippen molar-refractivity contribution in [3.63, 3.8) is 0 Å². The highest BCUT2D eigenvalue weighted by atomic mass is 16.2. The first-order valence-electron chi connectivity index (χ1n) is 6.23. The normalized spacial score (nSPS) is 29.1. The van der Waals surface area contributed by atoms with Crippen LogP contribution in [0, 0.1) is 11.8 Å². The molecule has 16 heavy (non-hydrogen) atoms. The quantitative estimate of drug-likeness (QED) is 0.431. The molecule has 1 heterocycles. The summed E-state index contributed by atoms with van der Waals surface area (Å²) in [5, 5.41) is 0. The number of likely N-dealkylation sites (tertiary alicyclic amines) is 1. The zero-order valence-corrected chi connectivity index (χ0v) is 10.9. The van der Waals surface area contributed by atoms with Gasteiger partial charge in [0.05, 0.1) is 6.04 Å². The summed E-state index contributed by atoms with van der Waals surface area (Å²) in [6.07, 6.45) is 2.43. The number of amides is 1. The molecule has 1 aliphatic rings. The summed E-state index contributed by atoms with van der Waals surface area (Å²) in [5.74, 6) is 6.17. The van der Waals surface area contributed by atoms with Crippen LogP contribution in [0.4, 0.5) is 0 Å². The molecular formula is C12H25N3O. The number of hydrogen-bond acceptors (Lipinski definition) is 3. The van der Waals surface area contributed by atoms with Crippen LogP contribution in [0.25, 0.3) is 0 Å². The number of carbonyl (C=O) groups is 1. The van der Waals surface area contributed by atoms with Gasteiger partial charge < -0.3 is 0 Å². The summed E-state index contributed by atoms with van der Waals surface area (Å²) >= 11 is 0. The molecule has 3 unspecified atom stereocenters. The van der Waals surface area contributed by atoms with Gasteiger partial charge >= 0.3 is 0 Å². The fourth-order valence-corrected chi connectivity index (χ4v) is 2.63. The van der Waals surface area contributed by atoms with E-state index in [1.165, 1.54) is 12.8 Å².